The second-order valence-electron chi connectivity index (χ2n) is 4.24. The van der Waals surface area contributed by atoms with E-state index in [-0.39, 0.29) is 5.91 Å². The van der Waals surface area contributed by atoms with E-state index in [0.717, 1.165) is 13.1 Å². The Balaban J connectivity index is 2.36. The van der Waals surface area contributed by atoms with E-state index in [1.54, 1.807) is 6.92 Å². The number of carbonyl (C=O) groups is 1. The molecule has 13 heavy (non-hydrogen) atoms. The van der Waals surface area contributed by atoms with Crippen LogP contribution in [0, 0.1) is 11.8 Å². The Bertz CT molecular complexity index is 185. The molecule has 0 spiro atoms. The molecule has 1 atom stereocenters. The van der Waals surface area contributed by atoms with E-state index >= 15 is 0 Å². The van der Waals surface area contributed by atoms with Crippen molar-refractivity contribution in [2.24, 2.45) is 11.8 Å². The van der Waals surface area contributed by atoms with E-state index in [1.165, 1.54) is 0 Å². The number of hydrogen-bond donors (Lipinski definition) is 1. The van der Waals surface area contributed by atoms with Gasteiger partial charge in [-0.05, 0) is 13.0 Å². The van der Waals surface area contributed by atoms with Crippen LogP contribution in [0.3, 0.4) is 0 Å². The zero-order chi connectivity index (χ0) is 10.0. The summed E-state index contributed by atoms with van der Waals surface area (Å²) >= 11 is 0. The van der Waals surface area contributed by atoms with Crippen LogP contribution in [-0.4, -0.2) is 37.0 Å². The molecule has 3 heteroatoms. The predicted molar refractivity (Wildman–Crippen MR) is 53.4 cm³/mol. The van der Waals surface area contributed by atoms with E-state index < -0.39 is 0 Å². The summed E-state index contributed by atoms with van der Waals surface area (Å²) in [5.41, 5.74) is 0. The average Bonchev–Trinajstić information content (AvgIpc) is 1.93. The Morgan fingerprint density at radius 2 is 2.00 bits per heavy atom. The summed E-state index contributed by atoms with van der Waals surface area (Å²) in [4.78, 5) is 12.9. The molecule has 0 aromatic carbocycles. The lowest BCUT2D eigenvalue weighted by Gasteiger charge is -2.44. The fourth-order valence-electron chi connectivity index (χ4n) is 2.11. The van der Waals surface area contributed by atoms with Gasteiger partial charge in [0.15, 0.2) is 0 Å². The van der Waals surface area contributed by atoms with E-state index in [4.69, 9.17) is 0 Å². The summed E-state index contributed by atoms with van der Waals surface area (Å²) in [7, 11) is 2.00. The zero-order valence-corrected chi connectivity index (χ0v) is 9.00. The van der Waals surface area contributed by atoms with Crippen LogP contribution in [0.1, 0.15) is 20.8 Å². The van der Waals surface area contributed by atoms with Crippen LogP contribution in [0.2, 0.25) is 0 Å². The van der Waals surface area contributed by atoms with Gasteiger partial charge in [-0.15, -0.1) is 0 Å². The minimum Gasteiger partial charge on any atom is -0.342 e. The molecule has 0 bridgehead atoms. The van der Waals surface area contributed by atoms with Gasteiger partial charge in [0.05, 0.1) is 0 Å². The van der Waals surface area contributed by atoms with E-state index in [1.807, 2.05) is 11.9 Å². The monoisotopic (exact) mass is 184 g/mol. The van der Waals surface area contributed by atoms with Crippen LogP contribution >= 0.6 is 0 Å². The van der Waals surface area contributed by atoms with Gasteiger partial charge in [-0.3, -0.25) is 4.79 Å². The number of likely N-dealkylation sites (tertiary alicyclic amines) is 1. The van der Waals surface area contributed by atoms with Crippen molar-refractivity contribution in [3.8, 4) is 0 Å². The lowest BCUT2D eigenvalue weighted by molar-refractivity contribution is -0.136. The molecule has 1 rings (SSSR count). The van der Waals surface area contributed by atoms with Crippen molar-refractivity contribution in [1.29, 1.82) is 0 Å². The van der Waals surface area contributed by atoms with E-state index in [0.29, 0.717) is 17.9 Å². The van der Waals surface area contributed by atoms with Gasteiger partial charge in [0.25, 0.3) is 0 Å². The molecule has 1 saturated heterocycles. The Hall–Kier alpha value is -0.570. The topological polar surface area (TPSA) is 32.3 Å². The summed E-state index contributed by atoms with van der Waals surface area (Å²) in [6.07, 6.45) is 0. The molecule has 76 valence electrons. The number of amides is 1. The highest BCUT2D eigenvalue weighted by Crippen LogP contribution is 2.23. The Labute approximate surface area is 80.5 Å². The second-order valence-corrected chi connectivity index (χ2v) is 4.24. The first kappa shape index (κ1) is 10.5. The van der Waals surface area contributed by atoms with Crippen molar-refractivity contribution in [3.05, 3.63) is 0 Å². The van der Waals surface area contributed by atoms with Gasteiger partial charge in [-0.1, -0.05) is 13.8 Å². The standard InChI is InChI=1S/C10H20N2O/c1-7(2)10(11-4)9-5-12(6-9)8(3)13/h7,9-11H,5-6H2,1-4H3. The molecule has 1 heterocycles. The largest absolute Gasteiger partial charge is 0.342 e. The molecular weight excluding hydrogens is 164 g/mol. The molecule has 0 saturated carbocycles. The molecule has 0 aromatic rings. The van der Waals surface area contributed by atoms with Gasteiger partial charge in [-0.2, -0.15) is 0 Å². The quantitative estimate of drug-likeness (QED) is 0.700. The molecule has 0 aliphatic carbocycles. The molecule has 0 aromatic heterocycles. The van der Waals surface area contributed by atoms with Gasteiger partial charge in [0.2, 0.25) is 5.91 Å². The SMILES string of the molecule is CNC(C(C)C)C1CN(C(C)=O)C1. The van der Waals surface area contributed by atoms with Gasteiger partial charge in [-0.25, -0.2) is 0 Å². The van der Waals surface area contributed by atoms with Crippen molar-refractivity contribution in [3.63, 3.8) is 0 Å². The fourth-order valence-corrected chi connectivity index (χ4v) is 2.11. The fraction of sp³-hybridized carbons (Fsp3) is 0.900. The molecular formula is C10H20N2O. The highest BCUT2D eigenvalue weighted by atomic mass is 16.2. The first-order valence-corrected chi connectivity index (χ1v) is 4.99. The number of nitrogens with zero attached hydrogens (tertiary/aromatic N) is 1. The minimum absolute atomic E-state index is 0.204. The number of hydrogen-bond acceptors (Lipinski definition) is 2. The van der Waals surface area contributed by atoms with Crippen LogP contribution in [0.15, 0.2) is 0 Å². The number of rotatable bonds is 3. The molecule has 1 aliphatic heterocycles. The number of nitrogens with one attached hydrogen (secondary N) is 1. The molecule has 1 unspecified atom stereocenters. The average molecular weight is 184 g/mol. The second kappa shape index (κ2) is 4.09. The van der Waals surface area contributed by atoms with Crippen molar-refractivity contribution in [1.82, 2.24) is 10.2 Å². The predicted octanol–water partition coefficient (Wildman–Crippen LogP) is 0.709. The molecule has 0 radical (unpaired) electrons. The molecule has 1 aliphatic rings. The smallest absolute Gasteiger partial charge is 0.219 e. The Kier molecular flexibility index (Phi) is 3.31. The van der Waals surface area contributed by atoms with Crippen LogP contribution in [0.25, 0.3) is 0 Å². The Morgan fingerprint density at radius 3 is 2.31 bits per heavy atom. The molecule has 1 fully saturated rings. The van der Waals surface area contributed by atoms with Crippen molar-refractivity contribution in [2.75, 3.05) is 20.1 Å². The third-order valence-corrected chi connectivity index (χ3v) is 2.91. The highest BCUT2D eigenvalue weighted by Gasteiger charge is 2.35. The maximum absolute atomic E-state index is 11.0. The van der Waals surface area contributed by atoms with Crippen LogP contribution < -0.4 is 5.32 Å². The van der Waals surface area contributed by atoms with E-state index in [9.17, 15) is 4.79 Å². The maximum atomic E-state index is 11.0. The normalized spacial score (nSPS) is 20.2. The van der Waals surface area contributed by atoms with Gasteiger partial charge in [0, 0.05) is 32.0 Å². The van der Waals surface area contributed by atoms with Crippen molar-refractivity contribution in [2.45, 2.75) is 26.8 Å². The summed E-state index contributed by atoms with van der Waals surface area (Å²) in [5, 5.41) is 3.32. The summed E-state index contributed by atoms with van der Waals surface area (Å²) in [6, 6.07) is 0.551. The zero-order valence-electron chi connectivity index (χ0n) is 9.00. The summed E-state index contributed by atoms with van der Waals surface area (Å²) in [6.45, 7) is 7.94. The highest BCUT2D eigenvalue weighted by molar-refractivity contribution is 5.74. The van der Waals surface area contributed by atoms with Crippen LogP contribution in [0.5, 0.6) is 0 Å². The van der Waals surface area contributed by atoms with Crippen molar-refractivity contribution < 1.29 is 4.79 Å². The lowest BCUT2D eigenvalue weighted by Crippen LogP contribution is -2.57. The lowest BCUT2D eigenvalue weighted by atomic mass is 9.85. The molecule has 1 N–H and O–H groups in total. The molecule has 3 nitrogen and oxygen atoms in total. The summed E-state index contributed by atoms with van der Waals surface area (Å²) < 4.78 is 0. The van der Waals surface area contributed by atoms with Gasteiger partial charge < -0.3 is 10.2 Å². The minimum atomic E-state index is 0.204. The van der Waals surface area contributed by atoms with Crippen LogP contribution in [0.4, 0.5) is 0 Å². The maximum Gasteiger partial charge on any atom is 0.219 e. The third kappa shape index (κ3) is 2.21. The summed E-state index contributed by atoms with van der Waals surface area (Å²) in [5.74, 6) is 1.49. The third-order valence-electron chi connectivity index (χ3n) is 2.91. The van der Waals surface area contributed by atoms with Gasteiger partial charge >= 0.3 is 0 Å². The van der Waals surface area contributed by atoms with E-state index in [2.05, 4.69) is 19.2 Å². The first-order chi connectivity index (χ1) is 6.06. The van der Waals surface area contributed by atoms with Crippen molar-refractivity contribution >= 4 is 5.91 Å². The number of carbonyl (C=O) groups excluding carboxylic acids is 1. The Morgan fingerprint density at radius 1 is 1.46 bits per heavy atom. The van der Waals surface area contributed by atoms with Gasteiger partial charge in [0.1, 0.15) is 0 Å². The molecule has 1 amide bonds. The van der Waals surface area contributed by atoms with Crippen LogP contribution in [-0.2, 0) is 4.79 Å². The first-order valence-electron chi connectivity index (χ1n) is 4.99.